The van der Waals surface area contributed by atoms with E-state index in [4.69, 9.17) is 13.9 Å². The van der Waals surface area contributed by atoms with Crippen LogP contribution in [-0.4, -0.2) is 83.3 Å². The average molecular weight is 526 g/mol. The quantitative estimate of drug-likeness (QED) is 0.191. The molecule has 0 saturated carbocycles. The minimum Gasteiger partial charge on any atom is -0.445 e. The molecule has 0 radical (unpaired) electrons. The van der Waals surface area contributed by atoms with Crippen LogP contribution in [0.5, 0.6) is 0 Å². The molecule has 0 aromatic heterocycles. The summed E-state index contributed by atoms with van der Waals surface area (Å²) in [5.74, 6) is -0.587. The number of nitrogens with one attached hydrogen (secondary N) is 2. The minimum atomic E-state index is -1.27. The zero-order valence-electron chi connectivity index (χ0n) is 22.5. The summed E-state index contributed by atoms with van der Waals surface area (Å²) in [6.07, 6.45) is 1.63. The van der Waals surface area contributed by atoms with Crippen molar-refractivity contribution in [3.63, 3.8) is 0 Å². The fraction of sp³-hybridized carbons (Fsp3) is 0.680. The number of ketones is 1. The molecule has 0 spiro atoms. The summed E-state index contributed by atoms with van der Waals surface area (Å²) in [4.78, 5) is 51.1. The standard InChI is InChI=1S/C25H43N3O7Si/c1-9-11-33-23(31)26-15-17(28(6)24(32)34-12-10-2)13-18(29)14-20-21(22(30)27-20)19(25(3,4)5)16-35-36(7)8/h9-10,17,19-21,36H,1-2,11-16H2,3-8H3,(H,26,31)(H,27,30)/t17-,19+,20+,21-/m0/s1. The number of alkyl carbamates (subject to hydrolysis) is 1. The number of rotatable bonds is 15. The summed E-state index contributed by atoms with van der Waals surface area (Å²) < 4.78 is 16.0. The van der Waals surface area contributed by atoms with E-state index in [0.717, 1.165) is 0 Å². The number of ether oxygens (including phenoxy) is 2. The summed E-state index contributed by atoms with van der Waals surface area (Å²) in [6.45, 7) is 17.9. The normalized spacial score (nSPS) is 18.8. The first-order chi connectivity index (χ1) is 16.8. The summed E-state index contributed by atoms with van der Waals surface area (Å²) in [5.41, 5.74) is -0.180. The van der Waals surface area contributed by atoms with E-state index in [9.17, 15) is 19.2 Å². The Kier molecular flexibility index (Phi) is 12.9. The number of carbonyl (C=O) groups is 4. The van der Waals surface area contributed by atoms with Gasteiger partial charge in [-0.2, -0.15) is 0 Å². The lowest BCUT2D eigenvalue weighted by molar-refractivity contribution is -0.143. The Hall–Kier alpha value is -2.66. The predicted molar refractivity (Wildman–Crippen MR) is 140 cm³/mol. The first kappa shape index (κ1) is 31.4. The molecule has 0 bridgehead atoms. The van der Waals surface area contributed by atoms with Gasteiger partial charge in [0.1, 0.15) is 19.0 Å². The van der Waals surface area contributed by atoms with Crippen LogP contribution in [0.2, 0.25) is 13.1 Å². The summed E-state index contributed by atoms with van der Waals surface area (Å²) in [6, 6.07) is -0.982. The number of hydrogen-bond acceptors (Lipinski definition) is 7. The van der Waals surface area contributed by atoms with Gasteiger partial charge in [-0.25, -0.2) is 9.59 Å². The molecule has 0 aromatic carbocycles. The van der Waals surface area contributed by atoms with Gasteiger partial charge in [0, 0.05) is 39.1 Å². The molecule has 1 saturated heterocycles. The van der Waals surface area contributed by atoms with Crippen molar-refractivity contribution in [2.75, 3.05) is 33.4 Å². The van der Waals surface area contributed by atoms with Gasteiger partial charge in [-0.05, 0) is 24.4 Å². The van der Waals surface area contributed by atoms with Gasteiger partial charge < -0.3 is 29.4 Å². The highest BCUT2D eigenvalue weighted by molar-refractivity contribution is 6.48. The Labute approximate surface area is 216 Å². The van der Waals surface area contributed by atoms with Crippen molar-refractivity contribution < 1.29 is 33.1 Å². The van der Waals surface area contributed by atoms with Gasteiger partial charge in [0.2, 0.25) is 5.91 Å². The van der Waals surface area contributed by atoms with Crippen LogP contribution in [0.3, 0.4) is 0 Å². The molecule has 3 amide bonds. The Morgan fingerprint density at radius 2 is 1.78 bits per heavy atom. The third kappa shape index (κ3) is 10.1. The average Bonchev–Trinajstić information content (AvgIpc) is 2.79. The maximum atomic E-state index is 13.1. The van der Waals surface area contributed by atoms with Crippen LogP contribution >= 0.6 is 0 Å². The van der Waals surface area contributed by atoms with E-state index < -0.39 is 27.3 Å². The van der Waals surface area contributed by atoms with Gasteiger partial charge in [0.25, 0.3) is 0 Å². The van der Waals surface area contributed by atoms with E-state index in [1.807, 2.05) is 0 Å². The topological polar surface area (TPSA) is 123 Å². The SMILES string of the molecule is C=CCOC(=O)NC[C@H](CC(=O)C[C@H]1NC(=O)[C@H]1[C@@H](CO[SiH](C)C)C(C)(C)C)N(C)C(=O)OCC=C. The second-order valence-corrected chi connectivity index (χ2v) is 12.8. The third-order valence-corrected chi connectivity index (χ3v) is 6.96. The molecule has 1 aliphatic heterocycles. The maximum absolute atomic E-state index is 13.1. The molecule has 1 aliphatic rings. The molecule has 204 valence electrons. The fourth-order valence-corrected chi connectivity index (χ4v) is 4.58. The van der Waals surface area contributed by atoms with E-state index >= 15 is 0 Å². The van der Waals surface area contributed by atoms with Crippen molar-refractivity contribution in [3.8, 4) is 0 Å². The van der Waals surface area contributed by atoms with E-state index in [-0.39, 0.29) is 67.6 Å². The first-order valence-electron chi connectivity index (χ1n) is 12.3. The molecule has 1 heterocycles. The highest BCUT2D eigenvalue weighted by atomic mass is 28.3. The molecule has 0 unspecified atom stereocenters. The van der Waals surface area contributed by atoms with Gasteiger partial charge in [-0.3, -0.25) is 9.59 Å². The molecule has 36 heavy (non-hydrogen) atoms. The molecular formula is C25H43N3O7Si. The first-order valence-corrected chi connectivity index (χ1v) is 15.1. The van der Waals surface area contributed by atoms with Crippen molar-refractivity contribution in [1.29, 1.82) is 0 Å². The lowest BCUT2D eigenvalue weighted by Crippen LogP contribution is -2.64. The highest BCUT2D eigenvalue weighted by Gasteiger charge is 2.49. The van der Waals surface area contributed by atoms with Crippen molar-refractivity contribution >= 4 is 32.9 Å². The molecule has 0 aromatic rings. The number of nitrogens with zero attached hydrogens (tertiary/aromatic N) is 1. The van der Waals surface area contributed by atoms with Gasteiger partial charge in [-0.15, -0.1) is 0 Å². The smallest absolute Gasteiger partial charge is 0.410 e. The van der Waals surface area contributed by atoms with Gasteiger partial charge >= 0.3 is 12.2 Å². The van der Waals surface area contributed by atoms with Crippen LogP contribution < -0.4 is 10.6 Å². The Balaban J connectivity index is 2.90. The van der Waals surface area contributed by atoms with E-state index in [2.05, 4.69) is 57.7 Å². The van der Waals surface area contributed by atoms with Crippen LogP contribution in [0, 0.1) is 17.3 Å². The minimum absolute atomic E-state index is 0.0146. The number of likely N-dealkylation sites (N-methyl/N-ethyl adjacent to an activating group) is 1. The second-order valence-electron chi connectivity index (χ2n) is 10.3. The predicted octanol–water partition coefficient (Wildman–Crippen LogP) is 2.65. The Morgan fingerprint density at radius 1 is 1.17 bits per heavy atom. The summed E-state index contributed by atoms with van der Waals surface area (Å²) in [7, 11) is 0.223. The van der Waals surface area contributed by atoms with Crippen LogP contribution in [0.15, 0.2) is 25.3 Å². The van der Waals surface area contributed by atoms with Crippen LogP contribution in [0.25, 0.3) is 0 Å². The molecule has 11 heteroatoms. The zero-order chi connectivity index (χ0) is 27.5. The van der Waals surface area contributed by atoms with E-state index in [0.29, 0.717) is 6.61 Å². The van der Waals surface area contributed by atoms with Crippen molar-refractivity contribution in [2.24, 2.45) is 17.3 Å². The molecule has 1 rings (SSSR count). The second kappa shape index (κ2) is 14.8. The molecule has 4 atom stereocenters. The summed E-state index contributed by atoms with van der Waals surface area (Å²) >= 11 is 0. The Morgan fingerprint density at radius 3 is 2.31 bits per heavy atom. The number of β-lactam (4-membered cyclic amide) rings is 1. The zero-order valence-corrected chi connectivity index (χ0v) is 23.7. The summed E-state index contributed by atoms with van der Waals surface area (Å²) in [5, 5.41) is 5.44. The molecule has 1 fully saturated rings. The third-order valence-electron chi connectivity index (χ3n) is 6.10. The number of carbonyl (C=O) groups excluding carboxylic acids is 4. The van der Waals surface area contributed by atoms with Crippen LogP contribution in [0.4, 0.5) is 9.59 Å². The van der Waals surface area contributed by atoms with Gasteiger partial charge in [0.05, 0.1) is 12.0 Å². The Bertz CT molecular complexity index is 797. The van der Waals surface area contributed by atoms with Gasteiger partial charge in [0.15, 0.2) is 9.04 Å². The van der Waals surface area contributed by atoms with Crippen molar-refractivity contribution in [2.45, 2.75) is 58.8 Å². The molecule has 10 nitrogen and oxygen atoms in total. The lowest BCUT2D eigenvalue weighted by atomic mass is 9.66. The number of Topliss-reactive ketones (excluding diaryl/α,β-unsaturated/α-hetero) is 1. The van der Waals surface area contributed by atoms with E-state index in [1.54, 1.807) is 0 Å². The molecule has 0 aliphatic carbocycles. The van der Waals surface area contributed by atoms with Crippen molar-refractivity contribution in [3.05, 3.63) is 25.3 Å². The van der Waals surface area contributed by atoms with Crippen LogP contribution in [0.1, 0.15) is 33.6 Å². The highest BCUT2D eigenvalue weighted by Crippen LogP contribution is 2.39. The molecular weight excluding hydrogens is 482 g/mol. The maximum Gasteiger partial charge on any atom is 0.410 e. The van der Waals surface area contributed by atoms with Gasteiger partial charge in [-0.1, -0.05) is 46.1 Å². The molecule has 2 N–H and O–H groups in total. The largest absolute Gasteiger partial charge is 0.445 e. The lowest BCUT2D eigenvalue weighted by Gasteiger charge is -2.46. The monoisotopic (exact) mass is 525 g/mol. The van der Waals surface area contributed by atoms with Crippen molar-refractivity contribution in [1.82, 2.24) is 15.5 Å². The fourth-order valence-electron chi connectivity index (χ4n) is 3.99. The number of hydrogen-bond donors (Lipinski definition) is 2. The van der Waals surface area contributed by atoms with E-state index in [1.165, 1.54) is 24.1 Å². The number of amides is 3. The van der Waals surface area contributed by atoms with Crippen LogP contribution in [-0.2, 0) is 23.5 Å².